The molecule has 1 fully saturated rings. The standard InChI is InChI=1S/C13H16O3S/c1-8(9-3-4-9)13(15)11-6-5-10(17-11)7-12(14)16-2/h5-6,8-9H,3-4,7H2,1-2H3. The third kappa shape index (κ3) is 2.94. The Morgan fingerprint density at radius 2 is 2.18 bits per heavy atom. The molecule has 1 aromatic rings. The summed E-state index contributed by atoms with van der Waals surface area (Å²) in [6.45, 7) is 2.00. The van der Waals surface area contributed by atoms with Gasteiger partial charge in [0.15, 0.2) is 5.78 Å². The molecule has 1 atom stereocenters. The molecule has 1 unspecified atom stereocenters. The summed E-state index contributed by atoms with van der Waals surface area (Å²) >= 11 is 1.41. The van der Waals surface area contributed by atoms with Crippen LogP contribution < -0.4 is 0 Å². The lowest BCUT2D eigenvalue weighted by Gasteiger charge is -2.05. The summed E-state index contributed by atoms with van der Waals surface area (Å²) in [5.74, 6) is 0.656. The fraction of sp³-hybridized carbons (Fsp3) is 0.538. The molecule has 3 nitrogen and oxygen atoms in total. The Bertz CT molecular complexity index is 432. The minimum absolute atomic E-state index is 0.125. The fourth-order valence-electron chi connectivity index (χ4n) is 1.85. The fourth-order valence-corrected chi connectivity index (χ4v) is 2.89. The van der Waals surface area contributed by atoms with E-state index in [0.717, 1.165) is 9.75 Å². The number of hydrogen-bond donors (Lipinski definition) is 0. The highest BCUT2D eigenvalue weighted by molar-refractivity contribution is 7.14. The lowest BCUT2D eigenvalue weighted by molar-refractivity contribution is -0.139. The maximum Gasteiger partial charge on any atom is 0.310 e. The van der Waals surface area contributed by atoms with Gasteiger partial charge in [-0.1, -0.05) is 6.92 Å². The number of rotatable bonds is 5. The second-order valence-electron chi connectivity index (χ2n) is 4.51. The van der Waals surface area contributed by atoms with Crippen molar-refractivity contribution in [3.63, 3.8) is 0 Å². The molecule has 1 saturated carbocycles. The van der Waals surface area contributed by atoms with E-state index in [1.165, 1.54) is 31.3 Å². The Labute approximate surface area is 105 Å². The number of carbonyl (C=O) groups is 2. The molecule has 0 amide bonds. The van der Waals surface area contributed by atoms with Gasteiger partial charge < -0.3 is 4.74 Å². The summed E-state index contributed by atoms with van der Waals surface area (Å²) in [6.07, 6.45) is 2.60. The number of ether oxygens (including phenoxy) is 1. The van der Waals surface area contributed by atoms with Crippen molar-refractivity contribution in [3.05, 3.63) is 21.9 Å². The van der Waals surface area contributed by atoms with E-state index < -0.39 is 0 Å². The zero-order valence-corrected chi connectivity index (χ0v) is 10.9. The molecule has 0 bridgehead atoms. The predicted molar refractivity (Wildman–Crippen MR) is 66.3 cm³/mol. The van der Waals surface area contributed by atoms with E-state index in [-0.39, 0.29) is 24.1 Å². The van der Waals surface area contributed by atoms with Crippen molar-refractivity contribution in [1.82, 2.24) is 0 Å². The first-order valence-corrected chi connectivity index (χ1v) is 6.63. The van der Waals surface area contributed by atoms with Gasteiger partial charge in [0, 0.05) is 10.8 Å². The van der Waals surface area contributed by atoms with Gasteiger partial charge >= 0.3 is 5.97 Å². The largest absolute Gasteiger partial charge is 0.469 e. The predicted octanol–water partition coefficient (Wildman–Crippen LogP) is 2.69. The first kappa shape index (κ1) is 12.3. The van der Waals surface area contributed by atoms with Gasteiger partial charge in [-0.15, -0.1) is 11.3 Å². The summed E-state index contributed by atoms with van der Waals surface area (Å²) in [5, 5.41) is 0. The van der Waals surface area contributed by atoms with Gasteiger partial charge in [-0.3, -0.25) is 9.59 Å². The van der Waals surface area contributed by atoms with E-state index in [2.05, 4.69) is 4.74 Å². The lowest BCUT2D eigenvalue weighted by Crippen LogP contribution is -2.11. The molecule has 1 aromatic heterocycles. The van der Waals surface area contributed by atoms with E-state index in [0.29, 0.717) is 5.92 Å². The van der Waals surface area contributed by atoms with Crippen LogP contribution in [0.1, 0.15) is 34.3 Å². The van der Waals surface area contributed by atoms with Gasteiger partial charge in [0.05, 0.1) is 18.4 Å². The van der Waals surface area contributed by atoms with Crippen LogP contribution in [0, 0.1) is 11.8 Å². The van der Waals surface area contributed by atoms with Crippen LogP contribution in [0.2, 0.25) is 0 Å². The summed E-state index contributed by atoms with van der Waals surface area (Å²) in [5.41, 5.74) is 0. The van der Waals surface area contributed by atoms with Gasteiger partial charge in [-0.05, 0) is 30.9 Å². The number of hydrogen-bond acceptors (Lipinski definition) is 4. The third-order valence-corrected chi connectivity index (χ3v) is 4.29. The highest BCUT2D eigenvalue weighted by Crippen LogP contribution is 2.38. The zero-order valence-electron chi connectivity index (χ0n) is 10.1. The van der Waals surface area contributed by atoms with Gasteiger partial charge in [0.1, 0.15) is 0 Å². The van der Waals surface area contributed by atoms with Crippen LogP contribution in [0.25, 0.3) is 0 Å². The lowest BCUT2D eigenvalue weighted by atomic mass is 10.00. The Kier molecular flexibility index (Phi) is 3.62. The number of methoxy groups -OCH3 is 1. The van der Waals surface area contributed by atoms with Crippen molar-refractivity contribution >= 4 is 23.1 Å². The van der Waals surface area contributed by atoms with E-state index in [4.69, 9.17) is 0 Å². The maximum atomic E-state index is 12.1. The van der Waals surface area contributed by atoms with Crippen molar-refractivity contribution in [2.45, 2.75) is 26.2 Å². The van der Waals surface area contributed by atoms with Crippen LogP contribution in [0.4, 0.5) is 0 Å². The second kappa shape index (κ2) is 5.00. The highest BCUT2D eigenvalue weighted by Gasteiger charge is 2.33. The Morgan fingerprint density at radius 3 is 2.76 bits per heavy atom. The van der Waals surface area contributed by atoms with Gasteiger partial charge in [-0.25, -0.2) is 0 Å². The summed E-state index contributed by atoms with van der Waals surface area (Å²) < 4.78 is 4.60. The smallest absolute Gasteiger partial charge is 0.310 e. The first-order chi connectivity index (χ1) is 8.11. The number of Topliss-reactive ketones (excluding diaryl/α,β-unsaturated/α-hetero) is 1. The third-order valence-electron chi connectivity index (χ3n) is 3.19. The van der Waals surface area contributed by atoms with E-state index in [9.17, 15) is 9.59 Å². The molecule has 0 radical (unpaired) electrons. The first-order valence-electron chi connectivity index (χ1n) is 5.81. The molecule has 4 heteroatoms. The van der Waals surface area contributed by atoms with Crippen LogP contribution in [0.5, 0.6) is 0 Å². The van der Waals surface area contributed by atoms with Crippen LogP contribution in [-0.2, 0) is 16.0 Å². The maximum absolute atomic E-state index is 12.1. The number of esters is 1. The average molecular weight is 252 g/mol. The Hall–Kier alpha value is -1.16. The number of thiophene rings is 1. The molecule has 1 aliphatic rings. The molecule has 17 heavy (non-hydrogen) atoms. The quantitative estimate of drug-likeness (QED) is 0.597. The van der Waals surface area contributed by atoms with E-state index in [1.807, 2.05) is 19.1 Å². The molecular formula is C13H16O3S. The SMILES string of the molecule is COC(=O)Cc1ccc(C(=O)C(C)C2CC2)s1. The monoisotopic (exact) mass is 252 g/mol. The molecule has 0 aliphatic heterocycles. The van der Waals surface area contributed by atoms with Crippen LogP contribution in [0.15, 0.2) is 12.1 Å². The van der Waals surface area contributed by atoms with Crippen LogP contribution >= 0.6 is 11.3 Å². The normalized spacial score (nSPS) is 16.6. The minimum Gasteiger partial charge on any atom is -0.469 e. The Balaban J connectivity index is 2.01. The van der Waals surface area contributed by atoms with Crippen molar-refractivity contribution < 1.29 is 14.3 Å². The Morgan fingerprint density at radius 1 is 1.47 bits per heavy atom. The number of ketones is 1. The van der Waals surface area contributed by atoms with Crippen LogP contribution in [0.3, 0.4) is 0 Å². The van der Waals surface area contributed by atoms with E-state index in [1.54, 1.807) is 0 Å². The summed E-state index contributed by atoms with van der Waals surface area (Å²) in [7, 11) is 1.37. The molecule has 2 rings (SSSR count). The minimum atomic E-state index is -0.263. The molecular weight excluding hydrogens is 236 g/mol. The zero-order chi connectivity index (χ0) is 12.4. The molecule has 1 aliphatic carbocycles. The van der Waals surface area contributed by atoms with E-state index >= 15 is 0 Å². The summed E-state index contributed by atoms with van der Waals surface area (Å²) in [4.78, 5) is 24.9. The highest BCUT2D eigenvalue weighted by atomic mass is 32.1. The number of carbonyl (C=O) groups excluding carboxylic acids is 2. The topological polar surface area (TPSA) is 43.4 Å². The molecule has 0 N–H and O–H groups in total. The second-order valence-corrected chi connectivity index (χ2v) is 5.68. The van der Waals surface area contributed by atoms with Gasteiger partial charge in [0.2, 0.25) is 0 Å². The van der Waals surface area contributed by atoms with Crippen molar-refractivity contribution in [1.29, 1.82) is 0 Å². The molecule has 0 aromatic carbocycles. The molecule has 0 saturated heterocycles. The van der Waals surface area contributed by atoms with Gasteiger partial charge in [0.25, 0.3) is 0 Å². The van der Waals surface area contributed by atoms with Crippen molar-refractivity contribution in [2.24, 2.45) is 11.8 Å². The summed E-state index contributed by atoms with van der Waals surface area (Å²) in [6, 6.07) is 3.67. The molecule has 0 spiro atoms. The molecule has 1 heterocycles. The van der Waals surface area contributed by atoms with Gasteiger partial charge in [-0.2, -0.15) is 0 Å². The molecule has 92 valence electrons. The van der Waals surface area contributed by atoms with Crippen molar-refractivity contribution in [2.75, 3.05) is 7.11 Å². The van der Waals surface area contributed by atoms with Crippen molar-refractivity contribution in [3.8, 4) is 0 Å². The average Bonchev–Trinajstić information content (AvgIpc) is 3.08. The van der Waals surface area contributed by atoms with Crippen LogP contribution in [-0.4, -0.2) is 18.9 Å².